The largest absolute Gasteiger partial charge is 0.491 e. The molecule has 0 aliphatic carbocycles. The van der Waals surface area contributed by atoms with E-state index in [0.29, 0.717) is 17.0 Å². The Morgan fingerprint density at radius 2 is 2.15 bits per heavy atom. The summed E-state index contributed by atoms with van der Waals surface area (Å²) in [6.07, 6.45) is -1.47. The van der Waals surface area contributed by atoms with Gasteiger partial charge in [0, 0.05) is 0 Å². The predicted molar refractivity (Wildman–Crippen MR) is 72.6 cm³/mol. The zero-order valence-corrected chi connectivity index (χ0v) is 11.3. The summed E-state index contributed by atoms with van der Waals surface area (Å²) in [7, 11) is 0. The Morgan fingerprint density at radius 1 is 1.40 bits per heavy atom. The second-order valence-electron chi connectivity index (χ2n) is 4.84. The zero-order chi connectivity index (χ0) is 14.7. The first-order valence-electron chi connectivity index (χ1n) is 6.57. The van der Waals surface area contributed by atoms with Crippen LogP contribution in [0.25, 0.3) is 0 Å². The fourth-order valence-electron chi connectivity index (χ4n) is 2.11. The minimum atomic E-state index is -1.01. The van der Waals surface area contributed by atoms with Crippen molar-refractivity contribution in [3.05, 3.63) is 23.8 Å². The number of carbonyl (C=O) groups is 1. The van der Waals surface area contributed by atoms with Gasteiger partial charge in [0.2, 0.25) is 5.91 Å². The van der Waals surface area contributed by atoms with Gasteiger partial charge in [-0.15, -0.1) is 0 Å². The molecule has 2 rings (SSSR count). The van der Waals surface area contributed by atoms with Gasteiger partial charge in [0.25, 0.3) is 0 Å². The minimum absolute atomic E-state index is 0.00500. The number of aliphatic hydroxyl groups is 3. The third-order valence-corrected chi connectivity index (χ3v) is 3.23. The van der Waals surface area contributed by atoms with Crippen LogP contribution in [0.3, 0.4) is 0 Å². The zero-order valence-electron chi connectivity index (χ0n) is 11.3. The minimum Gasteiger partial charge on any atom is -0.491 e. The summed E-state index contributed by atoms with van der Waals surface area (Å²) >= 11 is 0. The Balaban J connectivity index is 2.40. The van der Waals surface area contributed by atoms with Crippen LogP contribution in [0.5, 0.6) is 5.75 Å². The van der Waals surface area contributed by atoms with Gasteiger partial charge in [-0.1, -0.05) is 6.07 Å². The average molecular weight is 281 g/mol. The third-order valence-electron chi connectivity index (χ3n) is 3.23. The SMILES string of the molecule is CC(O)c1ccc2c(c1)N(CC(O)CO)C(=O)CCO2. The van der Waals surface area contributed by atoms with Gasteiger partial charge in [-0.25, -0.2) is 0 Å². The van der Waals surface area contributed by atoms with Crippen molar-refractivity contribution < 1.29 is 24.9 Å². The Kier molecular flexibility index (Phi) is 4.59. The number of carbonyl (C=O) groups excluding carboxylic acids is 1. The molecule has 1 aromatic rings. The van der Waals surface area contributed by atoms with Crippen LogP contribution in [0, 0.1) is 0 Å². The number of fused-ring (bicyclic) bond motifs is 1. The van der Waals surface area contributed by atoms with Crippen molar-refractivity contribution in [2.24, 2.45) is 0 Å². The molecule has 0 saturated carbocycles. The molecule has 1 aliphatic heterocycles. The van der Waals surface area contributed by atoms with Crippen molar-refractivity contribution in [3.63, 3.8) is 0 Å². The quantitative estimate of drug-likeness (QED) is 0.734. The number of β-amino-alcohol motifs (C(OH)–C–C–N with tert-alkyl or cyclic N) is 1. The highest BCUT2D eigenvalue weighted by atomic mass is 16.5. The summed E-state index contributed by atoms with van der Waals surface area (Å²) in [5.74, 6) is 0.351. The second kappa shape index (κ2) is 6.21. The molecule has 20 heavy (non-hydrogen) atoms. The van der Waals surface area contributed by atoms with Crippen molar-refractivity contribution in [1.29, 1.82) is 0 Å². The normalized spacial score (nSPS) is 18.0. The molecule has 6 nitrogen and oxygen atoms in total. The third kappa shape index (κ3) is 3.09. The predicted octanol–water partition coefficient (Wildman–Crippen LogP) is 0.209. The van der Waals surface area contributed by atoms with Gasteiger partial charge in [0.15, 0.2) is 0 Å². The van der Waals surface area contributed by atoms with E-state index in [1.807, 2.05) is 0 Å². The van der Waals surface area contributed by atoms with Crippen LogP contribution < -0.4 is 9.64 Å². The van der Waals surface area contributed by atoms with E-state index < -0.39 is 18.8 Å². The molecule has 0 spiro atoms. The Labute approximate surface area is 117 Å². The molecule has 0 radical (unpaired) electrons. The van der Waals surface area contributed by atoms with E-state index in [-0.39, 0.29) is 25.5 Å². The Hall–Kier alpha value is -1.63. The summed E-state index contributed by atoms with van der Waals surface area (Å²) in [4.78, 5) is 13.5. The lowest BCUT2D eigenvalue weighted by molar-refractivity contribution is -0.119. The lowest BCUT2D eigenvalue weighted by atomic mass is 10.1. The summed E-state index contributed by atoms with van der Waals surface area (Å²) in [6, 6.07) is 5.11. The van der Waals surface area contributed by atoms with Gasteiger partial charge in [-0.05, 0) is 24.6 Å². The van der Waals surface area contributed by atoms with Crippen LogP contribution in [0.4, 0.5) is 5.69 Å². The van der Waals surface area contributed by atoms with E-state index in [1.54, 1.807) is 25.1 Å². The molecular formula is C14H19NO5. The lowest BCUT2D eigenvalue weighted by Gasteiger charge is -2.24. The van der Waals surface area contributed by atoms with Gasteiger partial charge in [-0.3, -0.25) is 4.79 Å². The average Bonchev–Trinajstić information content (AvgIpc) is 2.58. The molecule has 1 heterocycles. The van der Waals surface area contributed by atoms with E-state index in [2.05, 4.69) is 0 Å². The van der Waals surface area contributed by atoms with Crippen molar-refractivity contribution in [1.82, 2.24) is 0 Å². The molecule has 0 saturated heterocycles. The number of benzene rings is 1. The Bertz CT molecular complexity index is 488. The maximum atomic E-state index is 12.1. The first-order valence-corrected chi connectivity index (χ1v) is 6.57. The Morgan fingerprint density at radius 3 is 2.80 bits per heavy atom. The van der Waals surface area contributed by atoms with Crippen molar-refractivity contribution >= 4 is 11.6 Å². The number of anilines is 1. The second-order valence-corrected chi connectivity index (χ2v) is 4.84. The van der Waals surface area contributed by atoms with Crippen molar-refractivity contribution in [2.45, 2.75) is 25.6 Å². The fraction of sp³-hybridized carbons (Fsp3) is 0.500. The number of aliphatic hydroxyl groups excluding tert-OH is 3. The van der Waals surface area contributed by atoms with E-state index in [1.165, 1.54) is 4.90 Å². The lowest BCUT2D eigenvalue weighted by Crippen LogP contribution is -2.38. The standard InChI is InChI=1S/C14H19NO5/c1-9(17)10-2-3-13-12(6-10)15(7-11(18)8-16)14(19)4-5-20-13/h2-3,6,9,11,16-18H,4-5,7-8H2,1H3. The molecule has 110 valence electrons. The van der Waals surface area contributed by atoms with Crippen LogP contribution in [0.15, 0.2) is 18.2 Å². The van der Waals surface area contributed by atoms with Crippen LogP contribution in [0.2, 0.25) is 0 Å². The van der Waals surface area contributed by atoms with E-state index in [0.717, 1.165) is 0 Å². The maximum Gasteiger partial charge on any atom is 0.230 e. The van der Waals surface area contributed by atoms with Gasteiger partial charge < -0.3 is 25.0 Å². The molecule has 2 atom stereocenters. The highest BCUT2D eigenvalue weighted by Gasteiger charge is 2.25. The van der Waals surface area contributed by atoms with Gasteiger partial charge in [0.1, 0.15) is 5.75 Å². The van der Waals surface area contributed by atoms with Crippen LogP contribution in [-0.4, -0.2) is 47.1 Å². The van der Waals surface area contributed by atoms with Crippen molar-refractivity contribution in [3.8, 4) is 5.75 Å². The molecule has 1 amide bonds. The van der Waals surface area contributed by atoms with Gasteiger partial charge in [0.05, 0.1) is 44.1 Å². The molecular weight excluding hydrogens is 262 g/mol. The molecule has 0 bridgehead atoms. The van der Waals surface area contributed by atoms with E-state index >= 15 is 0 Å². The smallest absolute Gasteiger partial charge is 0.230 e. The number of rotatable bonds is 4. The van der Waals surface area contributed by atoms with Gasteiger partial charge >= 0.3 is 0 Å². The van der Waals surface area contributed by atoms with Crippen LogP contribution >= 0.6 is 0 Å². The number of ether oxygens (including phenoxy) is 1. The summed E-state index contributed by atoms with van der Waals surface area (Å²) in [5, 5.41) is 28.2. The highest BCUT2D eigenvalue weighted by molar-refractivity contribution is 5.95. The van der Waals surface area contributed by atoms with Crippen molar-refractivity contribution in [2.75, 3.05) is 24.7 Å². The number of hydrogen-bond donors (Lipinski definition) is 3. The highest BCUT2D eigenvalue weighted by Crippen LogP contribution is 2.34. The fourth-order valence-corrected chi connectivity index (χ4v) is 2.11. The first kappa shape index (κ1) is 14.8. The summed E-state index contributed by atoms with van der Waals surface area (Å²) in [6.45, 7) is 1.48. The molecule has 6 heteroatoms. The molecule has 1 aliphatic rings. The molecule has 1 aromatic carbocycles. The summed E-state index contributed by atoms with van der Waals surface area (Å²) < 4.78 is 5.51. The molecule has 0 fully saturated rings. The maximum absolute atomic E-state index is 12.1. The number of hydrogen-bond acceptors (Lipinski definition) is 5. The molecule has 0 aromatic heterocycles. The summed E-state index contributed by atoms with van der Waals surface area (Å²) in [5.41, 5.74) is 1.17. The van der Waals surface area contributed by atoms with E-state index in [4.69, 9.17) is 9.84 Å². The van der Waals surface area contributed by atoms with Gasteiger partial charge in [-0.2, -0.15) is 0 Å². The van der Waals surface area contributed by atoms with Crippen LogP contribution in [-0.2, 0) is 4.79 Å². The molecule has 3 N–H and O–H groups in total. The van der Waals surface area contributed by atoms with Crippen LogP contribution in [0.1, 0.15) is 25.0 Å². The topological polar surface area (TPSA) is 90.2 Å². The number of nitrogens with zero attached hydrogens (tertiary/aromatic N) is 1. The first-order chi connectivity index (χ1) is 9.52. The monoisotopic (exact) mass is 281 g/mol. The number of amides is 1. The molecule has 2 unspecified atom stereocenters. The van der Waals surface area contributed by atoms with E-state index in [9.17, 15) is 15.0 Å².